The molecule has 0 aliphatic carbocycles. The molecule has 1 aromatic rings. The molecule has 0 unspecified atom stereocenters. The fourth-order valence-electron chi connectivity index (χ4n) is 1.11. The fourth-order valence-corrected chi connectivity index (χ4v) is 1.11. The van der Waals surface area contributed by atoms with Gasteiger partial charge in [0.05, 0.1) is 12.1 Å². The van der Waals surface area contributed by atoms with E-state index >= 15 is 0 Å². The Labute approximate surface area is 103 Å². The number of nitrogens with one attached hydrogen (secondary N) is 2. The lowest BCUT2D eigenvalue weighted by molar-refractivity contribution is -0.137. The molecule has 0 spiro atoms. The highest BCUT2D eigenvalue weighted by molar-refractivity contribution is 5.92. The third-order valence-corrected chi connectivity index (χ3v) is 1.83. The molecule has 1 rings (SSSR count). The number of hydrogen-bond acceptors (Lipinski definition) is 2. The summed E-state index contributed by atoms with van der Waals surface area (Å²) in [6.07, 6.45) is -4.35. The maximum Gasteiger partial charge on any atom is 0.416 e. The molecule has 0 fully saturated rings. The first-order valence-corrected chi connectivity index (χ1v) is 4.55. The van der Waals surface area contributed by atoms with Crippen molar-refractivity contribution in [3.63, 3.8) is 0 Å². The van der Waals surface area contributed by atoms with E-state index in [9.17, 15) is 18.0 Å². The minimum absolute atomic E-state index is 0. The summed E-state index contributed by atoms with van der Waals surface area (Å²) in [5.41, 5.74) is -0.396. The van der Waals surface area contributed by atoms with Crippen LogP contribution in [0.25, 0.3) is 0 Å². The number of alkyl halides is 3. The third-order valence-electron chi connectivity index (χ3n) is 1.83. The Kier molecular flexibility index (Phi) is 5.98. The average Bonchev–Trinajstić information content (AvgIpc) is 2.17. The Morgan fingerprint density at radius 3 is 2.18 bits per heavy atom. The lowest BCUT2D eigenvalue weighted by Crippen LogP contribution is -2.25. The molecule has 0 aromatic heterocycles. The van der Waals surface area contributed by atoms with Crippen molar-refractivity contribution in [1.29, 1.82) is 0 Å². The first kappa shape index (κ1) is 15.7. The minimum Gasteiger partial charge on any atom is -0.325 e. The first-order chi connectivity index (χ1) is 7.43. The van der Waals surface area contributed by atoms with Gasteiger partial charge in [0.1, 0.15) is 0 Å². The van der Waals surface area contributed by atoms with Gasteiger partial charge in [-0.2, -0.15) is 13.2 Å². The number of carbonyl (C=O) groups excluding carboxylic acids is 1. The number of halogens is 4. The molecule has 3 nitrogen and oxygen atoms in total. The summed E-state index contributed by atoms with van der Waals surface area (Å²) in [6, 6.07) is 4.29. The molecule has 1 amide bonds. The predicted molar refractivity (Wildman–Crippen MR) is 61.2 cm³/mol. The smallest absolute Gasteiger partial charge is 0.325 e. The van der Waals surface area contributed by atoms with Crippen LogP contribution in [0.4, 0.5) is 18.9 Å². The van der Waals surface area contributed by atoms with E-state index in [2.05, 4.69) is 10.6 Å². The SMILES string of the molecule is CNCC(=O)Nc1ccc(C(F)(F)F)cc1.Cl. The van der Waals surface area contributed by atoms with Gasteiger partial charge in [-0.15, -0.1) is 12.4 Å². The van der Waals surface area contributed by atoms with Crippen LogP contribution in [0.1, 0.15) is 5.56 Å². The third kappa shape index (κ3) is 5.06. The van der Waals surface area contributed by atoms with Gasteiger partial charge in [-0.3, -0.25) is 4.79 Å². The van der Waals surface area contributed by atoms with Gasteiger partial charge in [-0.25, -0.2) is 0 Å². The van der Waals surface area contributed by atoms with Gasteiger partial charge in [0.25, 0.3) is 0 Å². The molecule has 1 aromatic carbocycles. The summed E-state index contributed by atoms with van der Waals surface area (Å²) in [4.78, 5) is 11.1. The average molecular weight is 269 g/mol. The maximum atomic E-state index is 12.2. The molecule has 0 radical (unpaired) electrons. The largest absolute Gasteiger partial charge is 0.416 e. The van der Waals surface area contributed by atoms with Crippen LogP contribution in [0.2, 0.25) is 0 Å². The van der Waals surface area contributed by atoms with Crippen LogP contribution in [0, 0.1) is 0 Å². The van der Waals surface area contributed by atoms with E-state index in [1.54, 1.807) is 7.05 Å². The molecule has 0 saturated heterocycles. The van der Waals surface area contributed by atoms with Crippen LogP contribution >= 0.6 is 12.4 Å². The Morgan fingerprint density at radius 2 is 1.76 bits per heavy atom. The van der Waals surface area contributed by atoms with E-state index in [1.165, 1.54) is 12.1 Å². The van der Waals surface area contributed by atoms with E-state index in [-0.39, 0.29) is 24.9 Å². The summed E-state index contributed by atoms with van der Waals surface area (Å²) in [5, 5.41) is 5.08. The minimum atomic E-state index is -4.35. The maximum absolute atomic E-state index is 12.2. The number of hydrogen-bond donors (Lipinski definition) is 2. The summed E-state index contributed by atoms with van der Waals surface area (Å²) < 4.78 is 36.6. The second kappa shape index (κ2) is 6.46. The van der Waals surface area contributed by atoms with Crippen LogP contribution in [0.3, 0.4) is 0 Å². The number of benzene rings is 1. The van der Waals surface area contributed by atoms with E-state index in [0.717, 1.165) is 12.1 Å². The van der Waals surface area contributed by atoms with E-state index < -0.39 is 11.7 Å². The molecule has 96 valence electrons. The molecule has 2 N–H and O–H groups in total. The van der Waals surface area contributed by atoms with Gasteiger partial charge < -0.3 is 10.6 Å². The Hall–Kier alpha value is -1.27. The standard InChI is InChI=1S/C10H11F3N2O.ClH/c1-14-6-9(16)15-8-4-2-7(3-5-8)10(11,12)13;/h2-5,14H,6H2,1H3,(H,15,16);1H. The van der Waals surface area contributed by atoms with Gasteiger partial charge in [-0.05, 0) is 31.3 Å². The molecule has 0 atom stereocenters. The Morgan fingerprint density at radius 1 is 1.24 bits per heavy atom. The lowest BCUT2D eigenvalue weighted by atomic mass is 10.2. The summed E-state index contributed by atoms with van der Waals surface area (Å²) >= 11 is 0. The predicted octanol–water partition coefficient (Wildman–Crippen LogP) is 2.29. The molecule has 0 aliphatic rings. The van der Waals surface area contributed by atoms with Crippen LogP contribution in [-0.2, 0) is 11.0 Å². The van der Waals surface area contributed by atoms with Gasteiger partial charge >= 0.3 is 6.18 Å². The molecule has 7 heteroatoms. The van der Waals surface area contributed by atoms with Gasteiger partial charge in [0.2, 0.25) is 5.91 Å². The Bertz CT molecular complexity index is 365. The van der Waals surface area contributed by atoms with Crippen molar-refractivity contribution in [3.05, 3.63) is 29.8 Å². The second-order valence-electron chi connectivity index (χ2n) is 3.15. The fraction of sp³-hybridized carbons (Fsp3) is 0.300. The van der Waals surface area contributed by atoms with Crippen molar-refractivity contribution in [2.45, 2.75) is 6.18 Å². The normalized spacial score (nSPS) is 10.6. The quantitative estimate of drug-likeness (QED) is 0.883. The first-order valence-electron chi connectivity index (χ1n) is 4.55. The molecule has 0 heterocycles. The number of amides is 1. The van der Waals surface area contributed by atoms with E-state index in [0.29, 0.717) is 5.69 Å². The molecule has 17 heavy (non-hydrogen) atoms. The lowest BCUT2D eigenvalue weighted by Gasteiger charge is -2.08. The highest BCUT2D eigenvalue weighted by atomic mass is 35.5. The number of carbonyl (C=O) groups is 1. The Balaban J connectivity index is 0.00000256. The van der Waals surface area contributed by atoms with E-state index in [4.69, 9.17) is 0 Å². The number of anilines is 1. The van der Waals surface area contributed by atoms with Crippen molar-refractivity contribution >= 4 is 24.0 Å². The topological polar surface area (TPSA) is 41.1 Å². The van der Waals surface area contributed by atoms with Crippen LogP contribution < -0.4 is 10.6 Å². The monoisotopic (exact) mass is 268 g/mol. The van der Waals surface area contributed by atoms with Crippen LogP contribution in [0.5, 0.6) is 0 Å². The van der Waals surface area contributed by atoms with Crippen molar-refractivity contribution in [1.82, 2.24) is 5.32 Å². The van der Waals surface area contributed by atoms with Crippen molar-refractivity contribution in [2.75, 3.05) is 18.9 Å². The zero-order chi connectivity index (χ0) is 12.2. The van der Waals surface area contributed by atoms with Gasteiger partial charge in [0, 0.05) is 5.69 Å². The van der Waals surface area contributed by atoms with Crippen LogP contribution in [-0.4, -0.2) is 19.5 Å². The second-order valence-corrected chi connectivity index (χ2v) is 3.15. The number of likely N-dealkylation sites (N-methyl/N-ethyl adjacent to an activating group) is 1. The molecule has 0 aliphatic heterocycles. The zero-order valence-corrected chi connectivity index (χ0v) is 9.78. The molecule has 0 bridgehead atoms. The van der Waals surface area contributed by atoms with Crippen molar-refractivity contribution < 1.29 is 18.0 Å². The highest BCUT2D eigenvalue weighted by Gasteiger charge is 2.29. The number of rotatable bonds is 3. The van der Waals surface area contributed by atoms with Gasteiger partial charge in [0.15, 0.2) is 0 Å². The van der Waals surface area contributed by atoms with Crippen molar-refractivity contribution in [3.8, 4) is 0 Å². The summed E-state index contributed by atoms with van der Waals surface area (Å²) in [6.45, 7) is 0.112. The summed E-state index contributed by atoms with van der Waals surface area (Å²) in [5.74, 6) is -0.303. The summed E-state index contributed by atoms with van der Waals surface area (Å²) in [7, 11) is 1.60. The molecular weight excluding hydrogens is 257 g/mol. The van der Waals surface area contributed by atoms with Crippen molar-refractivity contribution in [2.24, 2.45) is 0 Å². The zero-order valence-electron chi connectivity index (χ0n) is 8.97. The highest BCUT2D eigenvalue weighted by Crippen LogP contribution is 2.29. The molecule has 0 saturated carbocycles. The van der Waals surface area contributed by atoms with Gasteiger partial charge in [-0.1, -0.05) is 0 Å². The van der Waals surface area contributed by atoms with Crippen LogP contribution in [0.15, 0.2) is 24.3 Å². The molecular formula is C10H12ClF3N2O. The van der Waals surface area contributed by atoms with E-state index in [1.807, 2.05) is 0 Å².